The van der Waals surface area contributed by atoms with Gasteiger partial charge in [-0.1, -0.05) is 37.0 Å². The molecular weight excluding hydrogens is 152 g/mol. The third kappa shape index (κ3) is 6.81. The van der Waals surface area contributed by atoms with Crippen LogP contribution in [0.2, 0.25) is 0 Å². The molecule has 0 unspecified atom stereocenters. The molecule has 0 atom stereocenters. The van der Waals surface area contributed by atoms with E-state index in [1.54, 1.807) is 31.2 Å². The van der Waals surface area contributed by atoms with Crippen LogP contribution in [0.25, 0.3) is 0 Å². The van der Waals surface area contributed by atoms with Gasteiger partial charge in [0.05, 0.1) is 13.0 Å². The Morgan fingerprint density at radius 1 is 1.42 bits per heavy atom. The molecule has 0 heterocycles. The molecular formula is C10H14O2. The fourth-order valence-electron chi connectivity index (χ4n) is 0.605. The number of allylic oxidation sites excluding steroid dienone is 4. The lowest BCUT2D eigenvalue weighted by Crippen LogP contribution is -2.01. The van der Waals surface area contributed by atoms with Crippen LogP contribution >= 0.6 is 0 Å². The standard InChI is InChI=1S/C10H14O2/c1-3-5-6-7-8-9-10(11)12-4-2/h3,5-8H,1,4,9H2,2H3/b6-5+,8-7+. The van der Waals surface area contributed by atoms with E-state index in [0.717, 1.165) is 0 Å². The first-order valence-corrected chi connectivity index (χ1v) is 3.91. The minimum absolute atomic E-state index is 0.194. The smallest absolute Gasteiger partial charge is 0.309 e. The Morgan fingerprint density at radius 2 is 2.17 bits per heavy atom. The van der Waals surface area contributed by atoms with Gasteiger partial charge in [-0.05, 0) is 6.92 Å². The third-order valence-corrected chi connectivity index (χ3v) is 1.08. The van der Waals surface area contributed by atoms with Crippen LogP contribution in [0.4, 0.5) is 0 Å². The molecule has 2 heteroatoms. The maximum Gasteiger partial charge on any atom is 0.309 e. The number of ether oxygens (including phenoxy) is 1. The van der Waals surface area contributed by atoms with Crippen LogP contribution in [0.1, 0.15) is 13.3 Å². The lowest BCUT2D eigenvalue weighted by atomic mass is 10.3. The Labute approximate surface area is 73.2 Å². The van der Waals surface area contributed by atoms with Crippen molar-refractivity contribution < 1.29 is 9.53 Å². The number of carbonyl (C=O) groups excluding carboxylic acids is 1. The van der Waals surface area contributed by atoms with E-state index in [2.05, 4.69) is 6.58 Å². The van der Waals surface area contributed by atoms with Crippen molar-refractivity contribution in [3.05, 3.63) is 37.0 Å². The molecule has 0 aliphatic carbocycles. The zero-order valence-corrected chi connectivity index (χ0v) is 7.32. The van der Waals surface area contributed by atoms with Crippen LogP contribution in [0.15, 0.2) is 37.0 Å². The van der Waals surface area contributed by atoms with Gasteiger partial charge < -0.3 is 4.74 Å². The molecule has 0 fully saturated rings. The molecule has 0 bridgehead atoms. The van der Waals surface area contributed by atoms with Crippen LogP contribution < -0.4 is 0 Å². The van der Waals surface area contributed by atoms with Crippen LogP contribution in [0, 0.1) is 0 Å². The molecule has 0 amide bonds. The van der Waals surface area contributed by atoms with E-state index >= 15 is 0 Å². The second-order valence-electron chi connectivity index (χ2n) is 2.06. The summed E-state index contributed by atoms with van der Waals surface area (Å²) < 4.78 is 4.71. The van der Waals surface area contributed by atoms with Crippen molar-refractivity contribution in [2.75, 3.05) is 6.61 Å². The summed E-state index contributed by atoms with van der Waals surface area (Å²) >= 11 is 0. The monoisotopic (exact) mass is 166 g/mol. The predicted octanol–water partition coefficient (Wildman–Crippen LogP) is 2.24. The van der Waals surface area contributed by atoms with Crippen LogP contribution in [0.3, 0.4) is 0 Å². The fraction of sp³-hybridized carbons (Fsp3) is 0.300. The minimum Gasteiger partial charge on any atom is -0.466 e. The molecule has 0 N–H and O–H groups in total. The Morgan fingerprint density at radius 3 is 2.75 bits per heavy atom. The van der Waals surface area contributed by atoms with Crippen LogP contribution in [-0.2, 0) is 9.53 Å². The molecule has 0 saturated carbocycles. The second kappa shape index (κ2) is 7.79. The van der Waals surface area contributed by atoms with Crippen molar-refractivity contribution in [2.45, 2.75) is 13.3 Å². The first-order valence-electron chi connectivity index (χ1n) is 3.91. The van der Waals surface area contributed by atoms with Crippen molar-refractivity contribution in [1.82, 2.24) is 0 Å². The van der Waals surface area contributed by atoms with E-state index in [1.165, 1.54) is 0 Å². The molecule has 12 heavy (non-hydrogen) atoms. The molecule has 0 rings (SSSR count). The third-order valence-electron chi connectivity index (χ3n) is 1.08. The predicted molar refractivity (Wildman–Crippen MR) is 49.7 cm³/mol. The number of esters is 1. The van der Waals surface area contributed by atoms with E-state index in [1.807, 2.05) is 6.08 Å². The SMILES string of the molecule is C=C/C=C/C=C/CC(=O)OCC. The van der Waals surface area contributed by atoms with Crippen molar-refractivity contribution in [3.63, 3.8) is 0 Å². The largest absolute Gasteiger partial charge is 0.466 e. The summed E-state index contributed by atoms with van der Waals surface area (Å²) in [6, 6.07) is 0. The molecule has 0 aromatic carbocycles. The lowest BCUT2D eigenvalue weighted by Gasteiger charge is -1.95. The van der Waals surface area contributed by atoms with E-state index in [0.29, 0.717) is 13.0 Å². The fourth-order valence-corrected chi connectivity index (χ4v) is 0.605. The molecule has 66 valence electrons. The number of hydrogen-bond donors (Lipinski definition) is 0. The highest BCUT2D eigenvalue weighted by atomic mass is 16.5. The zero-order valence-electron chi connectivity index (χ0n) is 7.32. The number of hydrogen-bond acceptors (Lipinski definition) is 2. The molecule has 0 saturated heterocycles. The van der Waals surface area contributed by atoms with Gasteiger partial charge in [0.1, 0.15) is 0 Å². The average molecular weight is 166 g/mol. The maximum atomic E-state index is 10.8. The highest BCUT2D eigenvalue weighted by Gasteiger charge is 1.94. The Kier molecular flexibility index (Phi) is 6.94. The summed E-state index contributed by atoms with van der Waals surface area (Å²) in [5, 5.41) is 0. The minimum atomic E-state index is -0.194. The van der Waals surface area contributed by atoms with Gasteiger partial charge in [0, 0.05) is 0 Å². The van der Waals surface area contributed by atoms with Gasteiger partial charge in [-0.25, -0.2) is 0 Å². The van der Waals surface area contributed by atoms with E-state index in [4.69, 9.17) is 4.74 Å². The first-order chi connectivity index (χ1) is 5.81. The molecule has 0 spiro atoms. The van der Waals surface area contributed by atoms with Gasteiger partial charge >= 0.3 is 5.97 Å². The van der Waals surface area contributed by atoms with Crippen LogP contribution in [0.5, 0.6) is 0 Å². The highest BCUT2D eigenvalue weighted by molar-refractivity contribution is 5.71. The summed E-state index contributed by atoms with van der Waals surface area (Å²) in [5.74, 6) is -0.194. The van der Waals surface area contributed by atoms with Crippen molar-refractivity contribution in [2.24, 2.45) is 0 Å². The molecule has 2 nitrogen and oxygen atoms in total. The van der Waals surface area contributed by atoms with Gasteiger partial charge in [0.15, 0.2) is 0 Å². The lowest BCUT2D eigenvalue weighted by molar-refractivity contribution is -0.142. The summed E-state index contributed by atoms with van der Waals surface area (Å²) in [7, 11) is 0. The zero-order chi connectivity index (χ0) is 9.23. The molecule has 0 aromatic heterocycles. The summed E-state index contributed by atoms with van der Waals surface area (Å²) in [4.78, 5) is 10.8. The quantitative estimate of drug-likeness (QED) is 0.462. The molecule has 0 aliphatic heterocycles. The van der Waals surface area contributed by atoms with E-state index < -0.39 is 0 Å². The van der Waals surface area contributed by atoms with Crippen molar-refractivity contribution >= 4 is 5.97 Å². The van der Waals surface area contributed by atoms with Crippen LogP contribution in [-0.4, -0.2) is 12.6 Å². The normalized spacial score (nSPS) is 10.8. The molecule has 0 aliphatic rings. The molecule has 0 radical (unpaired) electrons. The average Bonchev–Trinajstić information content (AvgIpc) is 2.05. The highest BCUT2D eigenvalue weighted by Crippen LogP contribution is 1.88. The van der Waals surface area contributed by atoms with Crippen molar-refractivity contribution in [3.8, 4) is 0 Å². The van der Waals surface area contributed by atoms with Crippen molar-refractivity contribution in [1.29, 1.82) is 0 Å². The van der Waals surface area contributed by atoms with E-state index in [-0.39, 0.29) is 5.97 Å². The Bertz CT molecular complexity index is 190. The Balaban J connectivity index is 3.52. The van der Waals surface area contributed by atoms with Gasteiger partial charge in [-0.3, -0.25) is 4.79 Å². The second-order valence-corrected chi connectivity index (χ2v) is 2.06. The van der Waals surface area contributed by atoms with Gasteiger partial charge in [-0.15, -0.1) is 0 Å². The summed E-state index contributed by atoms with van der Waals surface area (Å²) in [6.07, 6.45) is 9.15. The summed E-state index contributed by atoms with van der Waals surface area (Å²) in [6.45, 7) is 5.74. The van der Waals surface area contributed by atoms with E-state index in [9.17, 15) is 4.79 Å². The first kappa shape index (κ1) is 10.7. The van der Waals surface area contributed by atoms with Gasteiger partial charge in [0.2, 0.25) is 0 Å². The number of rotatable bonds is 5. The van der Waals surface area contributed by atoms with Gasteiger partial charge in [-0.2, -0.15) is 0 Å². The topological polar surface area (TPSA) is 26.3 Å². The summed E-state index contributed by atoms with van der Waals surface area (Å²) in [5.41, 5.74) is 0. The molecule has 0 aromatic rings. The maximum absolute atomic E-state index is 10.8. The van der Waals surface area contributed by atoms with Gasteiger partial charge in [0.25, 0.3) is 0 Å². The number of carbonyl (C=O) groups is 1. The Hall–Kier alpha value is -1.31.